The summed E-state index contributed by atoms with van der Waals surface area (Å²) in [6.45, 7) is 4.84. The molecule has 2 fully saturated rings. The average Bonchev–Trinajstić information content (AvgIpc) is 3.20. The van der Waals surface area contributed by atoms with Gasteiger partial charge in [-0.15, -0.1) is 0 Å². The Bertz CT molecular complexity index is 751. The zero-order chi connectivity index (χ0) is 16.7. The summed E-state index contributed by atoms with van der Waals surface area (Å²) in [6, 6.07) is 2.07. The van der Waals surface area contributed by atoms with Crippen molar-refractivity contribution >= 4 is 17.0 Å². The molecule has 2 atom stereocenters. The van der Waals surface area contributed by atoms with E-state index in [0.29, 0.717) is 24.4 Å². The van der Waals surface area contributed by atoms with Crippen molar-refractivity contribution in [3.05, 3.63) is 23.5 Å². The molecule has 7 nitrogen and oxygen atoms in total. The number of hydrogen-bond donors (Lipinski definition) is 1. The zero-order valence-electron chi connectivity index (χ0n) is 13.8. The molecule has 24 heavy (non-hydrogen) atoms. The van der Waals surface area contributed by atoms with Crippen LogP contribution >= 0.6 is 0 Å². The van der Waals surface area contributed by atoms with E-state index in [2.05, 4.69) is 15.0 Å². The molecule has 1 N–H and O–H groups in total. The zero-order valence-corrected chi connectivity index (χ0v) is 13.8. The normalized spacial score (nSPS) is 25.5. The number of carbonyl (C=O) groups excluding carboxylic acids is 1. The minimum Gasteiger partial charge on any atom is -0.391 e. The largest absolute Gasteiger partial charge is 0.391 e. The number of aliphatic hydroxyl groups is 1. The van der Waals surface area contributed by atoms with Crippen molar-refractivity contribution in [3.8, 4) is 0 Å². The molecule has 2 aromatic heterocycles. The molecule has 0 aromatic carbocycles. The molecule has 1 aliphatic carbocycles. The Balaban J connectivity index is 1.44. The van der Waals surface area contributed by atoms with Crippen LogP contribution in [-0.2, 0) is 0 Å². The Morgan fingerprint density at radius 2 is 2.08 bits per heavy atom. The molecule has 2 aliphatic rings. The Labute approximate surface area is 140 Å². The highest BCUT2D eigenvalue weighted by molar-refractivity contribution is 5.97. The minimum absolute atomic E-state index is 0.00313. The van der Waals surface area contributed by atoms with Gasteiger partial charge < -0.3 is 14.5 Å². The van der Waals surface area contributed by atoms with Gasteiger partial charge in [-0.3, -0.25) is 9.69 Å². The van der Waals surface area contributed by atoms with Gasteiger partial charge in [0.15, 0.2) is 0 Å². The van der Waals surface area contributed by atoms with Crippen LogP contribution < -0.4 is 0 Å². The Kier molecular flexibility index (Phi) is 3.97. The van der Waals surface area contributed by atoms with Gasteiger partial charge in [-0.05, 0) is 32.3 Å². The Hall–Kier alpha value is -1.99. The van der Waals surface area contributed by atoms with Crippen molar-refractivity contribution in [1.82, 2.24) is 19.9 Å². The number of aromatic nitrogens is 2. The first-order valence-corrected chi connectivity index (χ1v) is 8.57. The number of hydrogen-bond acceptors (Lipinski definition) is 6. The molecule has 128 valence electrons. The van der Waals surface area contributed by atoms with Gasteiger partial charge in [0.25, 0.3) is 11.6 Å². The number of fused-ring (bicyclic) bond motifs is 1. The molecule has 1 saturated carbocycles. The highest BCUT2D eigenvalue weighted by Crippen LogP contribution is 2.25. The minimum atomic E-state index is -0.213. The van der Waals surface area contributed by atoms with Gasteiger partial charge in [-0.25, -0.2) is 4.98 Å². The van der Waals surface area contributed by atoms with Gasteiger partial charge in [-0.2, -0.15) is 0 Å². The molecule has 2 aromatic rings. The van der Waals surface area contributed by atoms with E-state index < -0.39 is 0 Å². The first-order chi connectivity index (χ1) is 11.6. The van der Waals surface area contributed by atoms with Crippen LogP contribution in [0.2, 0.25) is 0 Å². The summed E-state index contributed by atoms with van der Waals surface area (Å²) >= 11 is 0. The van der Waals surface area contributed by atoms with Crippen LogP contribution in [0, 0.1) is 6.92 Å². The van der Waals surface area contributed by atoms with Crippen molar-refractivity contribution in [3.63, 3.8) is 0 Å². The second-order valence-corrected chi connectivity index (χ2v) is 6.74. The van der Waals surface area contributed by atoms with Gasteiger partial charge >= 0.3 is 0 Å². The first-order valence-electron chi connectivity index (χ1n) is 8.57. The number of rotatable bonds is 2. The molecule has 0 bridgehead atoms. The molecule has 3 heterocycles. The highest BCUT2D eigenvalue weighted by Gasteiger charge is 2.33. The van der Waals surface area contributed by atoms with E-state index >= 15 is 0 Å². The molecular formula is C17H22N4O3. The van der Waals surface area contributed by atoms with E-state index in [0.717, 1.165) is 43.4 Å². The van der Waals surface area contributed by atoms with Gasteiger partial charge in [0.1, 0.15) is 0 Å². The van der Waals surface area contributed by atoms with E-state index in [1.807, 2.05) is 17.9 Å². The van der Waals surface area contributed by atoms with E-state index in [1.54, 1.807) is 6.20 Å². The number of amides is 1. The number of carbonyl (C=O) groups is 1. The second kappa shape index (κ2) is 6.14. The molecule has 4 rings (SSSR count). The fourth-order valence-electron chi connectivity index (χ4n) is 3.85. The smallest absolute Gasteiger partial charge is 0.257 e. The maximum Gasteiger partial charge on any atom is 0.257 e. The van der Waals surface area contributed by atoms with Crippen molar-refractivity contribution < 1.29 is 14.4 Å². The van der Waals surface area contributed by atoms with Crippen molar-refractivity contribution in [2.45, 2.75) is 38.3 Å². The van der Waals surface area contributed by atoms with Crippen LogP contribution in [0.3, 0.4) is 0 Å². The Morgan fingerprint density at radius 3 is 2.79 bits per heavy atom. The number of pyridine rings is 1. The van der Waals surface area contributed by atoms with E-state index in [9.17, 15) is 9.90 Å². The number of piperazine rings is 1. The predicted molar refractivity (Wildman–Crippen MR) is 87.7 cm³/mol. The summed E-state index contributed by atoms with van der Waals surface area (Å²) in [7, 11) is 0. The lowest BCUT2D eigenvalue weighted by molar-refractivity contribution is 0.0315. The predicted octanol–water partition coefficient (Wildman–Crippen LogP) is 1.20. The summed E-state index contributed by atoms with van der Waals surface area (Å²) in [4.78, 5) is 21.1. The Morgan fingerprint density at radius 1 is 1.29 bits per heavy atom. The van der Waals surface area contributed by atoms with Gasteiger partial charge in [0.05, 0.1) is 22.7 Å². The third-order valence-electron chi connectivity index (χ3n) is 5.27. The monoisotopic (exact) mass is 330 g/mol. The number of aliphatic hydroxyl groups excluding tert-OH is 1. The summed E-state index contributed by atoms with van der Waals surface area (Å²) in [5.74, 6) is -0.00313. The van der Waals surface area contributed by atoms with E-state index in [1.165, 1.54) is 0 Å². The number of aryl methyl sites for hydroxylation is 1. The van der Waals surface area contributed by atoms with E-state index in [4.69, 9.17) is 4.52 Å². The highest BCUT2D eigenvalue weighted by atomic mass is 16.5. The summed E-state index contributed by atoms with van der Waals surface area (Å²) in [6.07, 6.45) is 4.39. The third kappa shape index (κ3) is 2.67. The molecule has 0 spiro atoms. The maximum atomic E-state index is 12.7. The molecule has 1 saturated heterocycles. The van der Waals surface area contributed by atoms with Crippen LogP contribution in [0.1, 0.15) is 35.3 Å². The van der Waals surface area contributed by atoms with Crippen LogP contribution in [0.5, 0.6) is 0 Å². The van der Waals surface area contributed by atoms with Crippen LogP contribution in [0.25, 0.3) is 11.1 Å². The van der Waals surface area contributed by atoms with Crippen molar-refractivity contribution in [1.29, 1.82) is 0 Å². The SMILES string of the molecule is Cc1noc2ncc(C(=O)N3CCN([C@H]4CCC[C@@H]4O)CC3)cc12. The molecule has 1 aliphatic heterocycles. The molecule has 0 radical (unpaired) electrons. The van der Waals surface area contributed by atoms with Crippen LogP contribution in [0.4, 0.5) is 0 Å². The fraction of sp³-hybridized carbons (Fsp3) is 0.588. The van der Waals surface area contributed by atoms with Gasteiger partial charge in [-0.1, -0.05) is 5.16 Å². The van der Waals surface area contributed by atoms with E-state index in [-0.39, 0.29) is 18.1 Å². The standard InChI is InChI=1S/C17H22N4O3/c1-11-13-9-12(10-18-16(13)24-19-11)17(23)21-7-5-20(6-8-21)14-3-2-4-15(14)22/h9-10,14-15,22H,2-8H2,1H3/t14-,15-/m0/s1. The maximum absolute atomic E-state index is 12.7. The average molecular weight is 330 g/mol. The van der Waals surface area contributed by atoms with Gasteiger partial charge in [0.2, 0.25) is 0 Å². The molecule has 0 unspecified atom stereocenters. The topological polar surface area (TPSA) is 82.7 Å². The van der Waals surface area contributed by atoms with Crippen LogP contribution in [0.15, 0.2) is 16.8 Å². The summed E-state index contributed by atoms with van der Waals surface area (Å²) < 4.78 is 5.09. The fourth-order valence-corrected chi connectivity index (χ4v) is 3.85. The summed E-state index contributed by atoms with van der Waals surface area (Å²) in [5, 5.41) is 14.7. The lowest BCUT2D eigenvalue weighted by Gasteiger charge is -2.39. The van der Waals surface area contributed by atoms with Gasteiger partial charge in [0, 0.05) is 38.4 Å². The third-order valence-corrected chi connectivity index (χ3v) is 5.27. The van der Waals surface area contributed by atoms with Crippen molar-refractivity contribution in [2.75, 3.05) is 26.2 Å². The lowest BCUT2D eigenvalue weighted by atomic mass is 10.1. The van der Waals surface area contributed by atoms with Crippen molar-refractivity contribution in [2.24, 2.45) is 0 Å². The lowest BCUT2D eigenvalue weighted by Crippen LogP contribution is -2.53. The molecular weight excluding hydrogens is 308 g/mol. The molecule has 7 heteroatoms. The second-order valence-electron chi connectivity index (χ2n) is 6.74. The quantitative estimate of drug-likeness (QED) is 0.891. The number of nitrogens with zero attached hydrogens (tertiary/aromatic N) is 4. The molecule has 1 amide bonds. The first kappa shape index (κ1) is 15.5. The summed E-state index contributed by atoms with van der Waals surface area (Å²) in [5.41, 5.74) is 1.78. The van der Waals surface area contributed by atoms with Crippen LogP contribution in [-0.4, -0.2) is 69.3 Å².